The Balaban J connectivity index is 1.60. The molecule has 1 aliphatic carbocycles. The van der Waals surface area contributed by atoms with E-state index in [4.69, 9.17) is 21.3 Å². The number of hydrogen-bond acceptors (Lipinski definition) is 3. The zero-order valence-electron chi connectivity index (χ0n) is 20.3. The van der Waals surface area contributed by atoms with Crippen molar-refractivity contribution in [3.05, 3.63) is 82.4 Å². The molecule has 1 unspecified atom stereocenters. The molecule has 35 heavy (non-hydrogen) atoms. The van der Waals surface area contributed by atoms with Crippen molar-refractivity contribution in [2.75, 3.05) is 6.61 Å². The van der Waals surface area contributed by atoms with Crippen LogP contribution in [0.3, 0.4) is 0 Å². The minimum absolute atomic E-state index is 0.142. The predicted octanol–water partition coefficient (Wildman–Crippen LogP) is 8.05. The molecule has 1 aliphatic rings. The predicted molar refractivity (Wildman–Crippen MR) is 142 cm³/mol. The number of imidazole rings is 1. The Morgan fingerprint density at radius 3 is 2.40 bits per heavy atom. The largest absolute Gasteiger partial charge is 0.491 e. The molecule has 0 spiro atoms. The molecule has 4 nitrogen and oxygen atoms in total. The molecule has 1 heterocycles. The van der Waals surface area contributed by atoms with E-state index in [-0.39, 0.29) is 6.04 Å². The summed E-state index contributed by atoms with van der Waals surface area (Å²) in [5.41, 5.74) is 5.84. The van der Waals surface area contributed by atoms with Crippen molar-refractivity contribution < 1.29 is 4.74 Å². The van der Waals surface area contributed by atoms with E-state index >= 15 is 0 Å². The maximum Gasteiger partial charge on any atom is 0.141 e. The highest BCUT2D eigenvalue weighted by Crippen LogP contribution is 2.39. The Bertz CT molecular complexity index is 1350. The van der Waals surface area contributed by atoms with Crippen LogP contribution in [-0.4, -0.2) is 16.2 Å². The Morgan fingerprint density at radius 2 is 1.71 bits per heavy atom. The van der Waals surface area contributed by atoms with Gasteiger partial charge in [-0.2, -0.15) is 5.26 Å². The Kier molecular flexibility index (Phi) is 6.79. The summed E-state index contributed by atoms with van der Waals surface area (Å²) in [5.74, 6) is 2.34. The van der Waals surface area contributed by atoms with Gasteiger partial charge in [0, 0.05) is 10.6 Å². The Labute approximate surface area is 212 Å². The fourth-order valence-corrected chi connectivity index (χ4v) is 5.66. The molecule has 178 valence electrons. The van der Waals surface area contributed by atoms with Crippen molar-refractivity contribution in [3.8, 4) is 23.2 Å². The van der Waals surface area contributed by atoms with Gasteiger partial charge < -0.3 is 9.30 Å². The van der Waals surface area contributed by atoms with Gasteiger partial charge in [-0.3, -0.25) is 0 Å². The van der Waals surface area contributed by atoms with E-state index in [1.165, 1.54) is 32.1 Å². The second-order valence-corrected chi connectivity index (χ2v) is 10.1. The van der Waals surface area contributed by atoms with Gasteiger partial charge in [0.2, 0.25) is 0 Å². The summed E-state index contributed by atoms with van der Waals surface area (Å²) in [4.78, 5) is 5.07. The molecule has 0 radical (unpaired) electrons. The van der Waals surface area contributed by atoms with Crippen LogP contribution in [0.2, 0.25) is 5.02 Å². The SMILES string of the molecule is Cc1cc(C#N)cc(C)c1OCC(C1CCCCC1)n1c(-c2ccc(Cl)cc2)nc2ccccc21. The molecule has 1 saturated carbocycles. The van der Waals surface area contributed by atoms with Crippen LogP contribution in [0.5, 0.6) is 5.75 Å². The number of nitrogens with zero attached hydrogens (tertiary/aromatic N) is 3. The fraction of sp³-hybridized carbons (Fsp3) is 0.333. The maximum atomic E-state index is 9.34. The van der Waals surface area contributed by atoms with Gasteiger partial charge in [-0.05, 0) is 92.3 Å². The van der Waals surface area contributed by atoms with Crippen LogP contribution in [0.4, 0.5) is 0 Å². The molecule has 1 aromatic heterocycles. The zero-order valence-corrected chi connectivity index (χ0v) is 21.1. The van der Waals surface area contributed by atoms with Gasteiger partial charge in [0.15, 0.2) is 0 Å². The highest BCUT2D eigenvalue weighted by Gasteiger charge is 2.30. The van der Waals surface area contributed by atoms with E-state index in [1.54, 1.807) is 0 Å². The third kappa shape index (κ3) is 4.79. The third-order valence-electron chi connectivity index (χ3n) is 7.21. The number of para-hydroxylation sites is 2. The maximum absolute atomic E-state index is 9.34. The summed E-state index contributed by atoms with van der Waals surface area (Å²) in [7, 11) is 0. The molecule has 5 rings (SSSR count). The van der Waals surface area contributed by atoms with Crippen LogP contribution in [0.1, 0.15) is 54.8 Å². The van der Waals surface area contributed by atoms with Crippen molar-refractivity contribution in [2.45, 2.75) is 52.0 Å². The number of halogens is 1. The van der Waals surface area contributed by atoms with Crippen LogP contribution in [0.15, 0.2) is 60.7 Å². The monoisotopic (exact) mass is 483 g/mol. The average molecular weight is 484 g/mol. The van der Waals surface area contributed by atoms with Crippen molar-refractivity contribution in [1.82, 2.24) is 9.55 Å². The van der Waals surface area contributed by atoms with Crippen molar-refractivity contribution >= 4 is 22.6 Å². The number of rotatable bonds is 6. The molecular formula is C30H30ClN3O. The lowest BCUT2D eigenvalue weighted by Gasteiger charge is -2.33. The number of aromatic nitrogens is 2. The summed E-state index contributed by atoms with van der Waals surface area (Å²) < 4.78 is 8.99. The molecule has 5 heteroatoms. The van der Waals surface area contributed by atoms with Gasteiger partial charge in [-0.25, -0.2) is 4.98 Å². The van der Waals surface area contributed by atoms with Crippen molar-refractivity contribution in [3.63, 3.8) is 0 Å². The summed E-state index contributed by atoms with van der Waals surface area (Å²) in [6.45, 7) is 4.59. The van der Waals surface area contributed by atoms with Gasteiger partial charge in [0.05, 0.1) is 28.7 Å². The topological polar surface area (TPSA) is 50.8 Å². The molecule has 0 saturated heterocycles. The van der Waals surface area contributed by atoms with E-state index in [9.17, 15) is 5.26 Å². The zero-order chi connectivity index (χ0) is 24.4. The summed E-state index contributed by atoms with van der Waals surface area (Å²) >= 11 is 6.20. The average Bonchev–Trinajstić information content (AvgIpc) is 3.26. The van der Waals surface area contributed by atoms with E-state index in [1.807, 2.05) is 56.3 Å². The first-order chi connectivity index (χ1) is 17.0. The van der Waals surface area contributed by atoms with E-state index in [0.717, 1.165) is 44.3 Å². The molecule has 1 fully saturated rings. The number of nitriles is 1. The van der Waals surface area contributed by atoms with Gasteiger partial charge >= 0.3 is 0 Å². The molecule has 3 aromatic carbocycles. The Hall–Kier alpha value is -3.29. The van der Waals surface area contributed by atoms with E-state index in [0.29, 0.717) is 18.1 Å². The second kappa shape index (κ2) is 10.1. The molecule has 1 atom stereocenters. The van der Waals surface area contributed by atoms with Crippen LogP contribution >= 0.6 is 11.6 Å². The normalized spacial score (nSPS) is 15.1. The highest BCUT2D eigenvalue weighted by atomic mass is 35.5. The summed E-state index contributed by atoms with van der Waals surface area (Å²) in [5, 5.41) is 10.1. The van der Waals surface area contributed by atoms with Crippen LogP contribution < -0.4 is 4.74 Å². The number of aryl methyl sites for hydroxylation is 2. The standard InChI is InChI=1S/C30H30ClN3O/c1-20-16-22(18-32)17-21(2)29(20)35-19-28(23-8-4-3-5-9-23)34-27-11-7-6-10-26(27)33-30(34)24-12-14-25(31)15-13-24/h6-7,10-17,23,28H,3-5,8-9,19H2,1-2H3. The van der Waals surface area contributed by atoms with Gasteiger partial charge in [-0.15, -0.1) is 0 Å². The lowest BCUT2D eigenvalue weighted by atomic mass is 9.83. The Morgan fingerprint density at radius 1 is 1.03 bits per heavy atom. The van der Waals surface area contributed by atoms with Crippen molar-refractivity contribution in [2.24, 2.45) is 5.92 Å². The number of ether oxygens (including phenoxy) is 1. The lowest BCUT2D eigenvalue weighted by Crippen LogP contribution is -2.28. The molecule has 0 amide bonds. The first kappa shape index (κ1) is 23.5. The second-order valence-electron chi connectivity index (χ2n) is 9.63. The minimum Gasteiger partial charge on any atom is -0.491 e. The lowest BCUT2D eigenvalue weighted by molar-refractivity contribution is 0.169. The first-order valence-corrected chi connectivity index (χ1v) is 12.8. The van der Waals surface area contributed by atoms with Crippen LogP contribution in [0.25, 0.3) is 22.4 Å². The van der Waals surface area contributed by atoms with Crippen LogP contribution in [0, 0.1) is 31.1 Å². The smallest absolute Gasteiger partial charge is 0.141 e. The fourth-order valence-electron chi connectivity index (χ4n) is 5.53. The van der Waals surface area contributed by atoms with Gasteiger partial charge in [0.1, 0.15) is 18.2 Å². The third-order valence-corrected chi connectivity index (χ3v) is 7.46. The quantitative estimate of drug-likeness (QED) is 0.278. The van der Waals surface area contributed by atoms with Gasteiger partial charge in [0.25, 0.3) is 0 Å². The molecule has 0 N–H and O–H groups in total. The van der Waals surface area contributed by atoms with Crippen molar-refractivity contribution in [1.29, 1.82) is 5.26 Å². The highest BCUT2D eigenvalue weighted by molar-refractivity contribution is 6.30. The molecule has 4 aromatic rings. The van der Waals surface area contributed by atoms with E-state index in [2.05, 4.69) is 28.8 Å². The molecule has 0 bridgehead atoms. The summed E-state index contributed by atoms with van der Waals surface area (Å²) in [6, 6.07) is 22.5. The number of fused-ring (bicyclic) bond motifs is 1. The minimum atomic E-state index is 0.142. The molecular weight excluding hydrogens is 454 g/mol. The van der Waals surface area contributed by atoms with Gasteiger partial charge in [-0.1, -0.05) is 43.0 Å². The van der Waals surface area contributed by atoms with Crippen LogP contribution in [-0.2, 0) is 0 Å². The first-order valence-electron chi connectivity index (χ1n) is 12.4. The number of hydrogen-bond donors (Lipinski definition) is 0. The number of benzene rings is 3. The molecule has 0 aliphatic heterocycles. The van der Waals surface area contributed by atoms with E-state index < -0.39 is 0 Å². The summed E-state index contributed by atoms with van der Waals surface area (Å²) in [6.07, 6.45) is 6.17.